The number of aliphatic hydroxyl groups is 14. The average molecular weight is 2100 g/mol. The molecule has 0 unspecified atom stereocenters. The number of aliphatic imine (C=N–C) groups is 1. The van der Waals surface area contributed by atoms with Gasteiger partial charge in [0, 0.05) is 67.2 Å². The monoisotopic (exact) mass is 2100 g/mol. The van der Waals surface area contributed by atoms with Crippen LogP contribution in [0.5, 0.6) is 23.0 Å². The molecule has 23 atom stereocenters. The Morgan fingerprint density at radius 1 is 0.582 bits per heavy atom. The number of thioether (sulfide) groups is 2. The maximum absolute atomic E-state index is 13.7. The second kappa shape index (κ2) is 40.2. The number of benzene rings is 4. The van der Waals surface area contributed by atoms with E-state index in [1.54, 1.807) is 20.8 Å². The fourth-order valence-corrected chi connectivity index (χ4v) is 25.6. The van der Waals surface area contributed by atoms with Crippen LogP contribution in [0.3, 0.4) is 0 Å². The Hall–Kier alpha value is -13.3. The van der Waals surface area contributed by atoms with Gasteiger partial charge in [0.1, 0.15) is 103 Å². The predicted octanol–water partition coefficient (Wildman–Crippen LogP) is -4.32. The van der Waals surface area contributed by atoms with Crippen LogP contribution in [0.25, 0.3) is 17.3 Å². The number of carboxylic acids is 2. The summed E-state index contributed by atoms with van der Waals surface area (Å²) in [7, 11) is 8.78. The van der Waals surface area contributed by atoms with Gasteiger partial charge < -0.3 is 162 Å². The van der Waals surface area contributed by atoms with E-state index in [4.69, 9.17) is 40.3 Å². The van der Waals surface area contributed by atoms with Crippen molar-refractivity contribution in [2.24, 2.45) is 75.1 Å². The first-order valence-electron chi connectivity index (χ1n) is 44.1. The van der Waals surface area contributed by atoms with Gasteiger partial charge in [-0.05, 0) is 150 Å². The Morgan fingerprint density at radius 3 is 1.45 bits per heavy atom. The van der Waals surface area contributed by atoms with E-state index in [-0.39, 0.29) is 91.1 Å². The van der Waals surface area contributed by atoms with Crippen molar-refractivity contribution in [3.05, 3.63) is 178 Å². The van der Waals surface area contributed by atoms with E-state index in [9.17, 15) is 169 Å². The smallest absolute Gasteiger partial charge is 0.353 e. The van der Waals surface area contributed by atoms with Crippen LogP contribution in [0, 0.1) is 41.4 Å². The quantitative estimate of drug-likeness (QED) is 0.0166. The number of amides is 6. The second-order valence-electron chi connectivity index (χ2n) is 38.5. The summed E-state index contributed by atoms with van der Waals surface area (Å²) in [6.07, 6.45) is -1.39. The molecule has 9 aliphatic carbocycles. The number of nitrogens with zero attached hydrogens (tertiary/aromatic N) is 6. The van der Waals surface area contributed by atoms with Crippen molar-refractivity contribution in [1.82, 2.24) is 29.8 Å². The molecule has 17 rings (SSSR count). The number of β-lactam (4-membered cyclic amide) rings is 2. The molecule has 0 radical (unpaired) electrons. The van der Waals surface area contributed by atoms with Crippen molar-refractivity contribution in [1.29, 1.82) is 0 Å². The lowest BCUT2D eigenvalue weighted by atomic mass is 9.53. The van der Waals surface area contributed by atoms with Gasteiger partial charge in [0.05, 0.1) is 106 Å². The molecule has 0 spiro atoms. The number of primary amides is 3. The van der Waals surface area contributed by atoms with Crippen LogP contribution in [0.2, 0.25) is 5.02 Å². The average Bonchev–Trinajstić information content (AvgIpc) is 0.846. The number of phenolic OH excluding ortho intramolecular Hbond substituents is 4. The van der Waals surface area contributed by atoms with Crippen LogP contribution in [-0.4, -0.2) is 361 Å². The molecule has 49 nitrogen and oxygen atoms in total. The highest BCUT2D eigenvalue weighted by Gasteiger charge is 2.73. The first kappa shape index (κ1) is 115. The fourth-order valence-electron chi connectivity index (χ4n) is 22.6. The second-order valence-corrected chi connectivity index (χ2v) is 41.8. The summed E-state index contributed by atoms with van der Waals surface area (Å²) in [4.78, 5) is 187. The van der Waals surface area contributed by atoms with Crippen molar-refractivity contribution >= 4 is 141 Å². The molecule has 4 aliphatic heterocycles. The number of Topliss-reactive ketones (excluding diaryl/α,β-unsaturated/α-hetero) is 6. The van der Waals surface area contributed by atoms with Gasteiger partial charge in [-0.3, -0.25) is 77.2 Å². The molecule has 0 aromatic heterocycles. The number of rotatable bonds is 16. The molecule has 4 heterocycles. The van der Waals surface area contributed by atoms with Gasteiger partial charge in [-0.15, -0.1) is 23.5 Å². The normalized spacial score (nSPS) is 31.8. The fraction of sp³-hybridized carbons (Fsp3) is 0.436. The summed E-state index contributed by atoms with van der Waals surface area (Å²) in [5.41, 5.74) is 8.17. The number of ketones is 6. The highest BCUT2D eigenvalue weighted by Crippen LogP contribution is 2.63. The topological polar surface area (TPSA) is 909 Å². The van der Waals surface area contributed by atoms with Crippen LogP contribution in [0.4, 0.5) is 0 Å². The molecule has 6 fully saturated rings. The summed E-state index contributed by atoms with van der Waals surface area (Å²) in [5.74, 6) is -29.1. The molecule has 6 amide bonds. The first-order chi connectivity index (χ1) is 66.3. The van der Waals surface area contributed by atoms with E-state index >= 15 is 0 Å². The lowest BCUT2D eigenvalue weighted by Gasteiger charge is -2.55. The van der Waals surface area contributed by atoms with Crippen LogP contribution in [0.1, 0.15) is 106 Å². The summed E-state index contributed by atoms with van der Waals surface area (Å²) in [6, 6.07) is 9.74. The standard InChI is InChI=1S/C22H23ClN2O8.C22H24N2O9.C22H24N2O8.C16H19N3O5S.C12H17N3O4S.3H2O/c1-21(32)7-6-8-15(25(2)3)17(28)13(20(24)31)19(30)22(8,33)18(29)11(7)16(27)12-10(26)5-4-9(23)14(12)21;1-21(32)7-5-4-6-8(25)9(7)15(26)10-12(21)17(28)13-14(24(2)3)16(27)11(20(23)31)19(30)22(13,33)18(10)29;1-21(31)8-5-4-6-11(25)12(8)16(26)13-9(21)7-10-15(24(2)3)17(27)14(20(23)30)19(29)22(10,32)18(13)28;1-16(2)11(15(23)24)19-13(22)10(14(19)25-16)18-12(21)9(17)7-3-5-8(20)6-4-7;1-6(16)9-7-4-8(20-3-2-14-5-13)10(12(18)19)15(7)11(9)17;;;/h4-5,7-8,15,26-27,30,32-33H,6H2,1-3H3,(H2,24,31);4-6,12-14,17,25-26,28,30,32-33H,1-3H3,(H2,23,31);4-6,9-10,15,25-26,29,31-32H,7H2,1-3H3,(H2,23,30);3-6,9-11,14,20H,17H2,1-2H3,(H,18,21)(H,23,24);5-7,9,16H,2-4H2,1H3,(H2,13,14)(H,18,19);3*1H2/t7-,8-,15-,21-,22-;12-,13-,14+,17+,21-,22+;9-,10-,15-,21+,22-;9-,10-,11+,14-;6-,7-,9-;;;/m01011.../s1. The number of hydrogen-bond acceptors (Lipinski definition) is 39. The number of aliphatic hydroxyl groups excluding tert-OH is 8. The molecule has 3 saturated carbocycles. The number of carbonyl (C=O) groups excluding carboxylic acids is 12. The van der Waals surface area contributed by atoms with Crippen molar-refractivity contribution in [2.75, 3.05) is 54.6 Å². The Kier molecular flexibility index (Phi) is 31.5. The Morgan fingerprint density at radius 2 is 1.01 bits per heavy atom. The zero-order valence-electron chi connectivity index (χ0n) is 79.8. The Labute approximate surface area is 841 Å². The summed E-state index contributed by atoms with van der Waals surface area (Å²) < 4.78 is -0.648. The third-order valence-electron chi connectivity index (χ3n) is 29.1. The van der Waals surface area contributed by atoms with Crippen LogP contribution < -0.4 is 34.0 Å². The maximum atomic E-state index is 13.7. The van der Waals surface area contributed by atoms with Crippen molar-refractivity contribution < 1.29 is 186 Å². The number of hydrogen-bond donors (Lipinski definition) is 26. The lowest BCUT2D eigenvalue weighted by Crippen LogP contribution is -2.71. The molecule has 146 heavy (non-hydrogen) atoms. The summed E-state index contributed by atoms with van der Waals surface area (Å²) in [6.45, 7) is 9.58. The number of fused-ring (bicyclic) bond motifs is 11. The number of halogens is 1. The molecule has 13 aliphatic rings. The Bertz CT molecular complexity index is 6500. The van der Waals surface area contributed by atoms with Gasteiger partial charge in [-0.2, -0.15) is 0 Å². The molecular weight excluding hydrogens is 1990 g/mol. The van der Waals surface area contributed by atoms with E-state index in [0.29, 0.717) is 29.2 Å². The Balaban J connectivity index is 0.000000188. The number of aromatic hydroxyl groups is 4. The summed E-state index contributed by atoms with van der Waals surface area (Å²) in [5, 5.41) is 216. The van der Waals surface area contributed by atoms with Gasteiger partial charge >= 0.3 is 11.9 Å². The molecular formula is C94H113ClN12O37S2. The van der Waals surface area contributed by atoms with Gasteiger partial charge in [-0.1, -0.05) is 48.0 Å². The number of nitrogens with one attached hydrogen (secondary N) is 1. The third kappa shape index (κ3) is 17.3. The highest BCUT2D eigenvalue weighted by molar-refractivity contribution is 8.03. The number of nitrogens with two attached hydrogens (primary N) is 5. The van der Waals surface area contributed by atoms with Crippen molar-refractivity contribution in [2.45, 2.75) is 159 Å². The van der Waals surface area contributed by atoms with Gasteiger partial charge in [-0.25, -0.2) is 9.59 Å². The molecule has 37 N–H and O–H groups in total. The number of likely N-dealkylation sites (N-methyl/N-ethyl adjacent to an activating group) is 3. The molecule has 52 heteroatoms. The predicted molar refractivity (Wildman–Crippen MR) is 513 cm³/mol. The first-order valence-corrected chi connectivity index (χ1v) is 46.4. The SMILES string of the molecule is CC1(C)S[C@@H]2[C@H](NC(=O)[C@H](N)c3ccc(O)cc3)C(=O)N2[C@H]1C(=O)O.CN(C)[C@@H]1C(=O)C(C(N)=O)=C(O)[C@@]2(O)C(=O)C3=C(O)c4c(O)ccc(Cl)c4[C@@](C)(O)[C@H]3C[C@@H]12.CN(C)[C@@H]1C(=O)C(C(N)=O)=C(O)[C@@]2(O)C(=O)C3=C(O)c4c(O)cccc4[C@@](C)(O)[C@H]3C[C@@H]12.CN(C)[C@@H]1C(=O)C(C(N)=O)=C(O)[C@@]2(O)C(=O)C3=C(O)c4c(O)cccc4[C@@](C)(O)[C@H]3[C@H](O)[C@@H]12.C[C@@H](O)[C@H]1C(=O)N2C(C(=O)O)=C(SCCN=CN)C[C@H]12.O.O.O. The number of carbonyl (C=O) groups is 14. The van der Waals surface area contributed by atoms with E-state index in [1.807, 2.05) is 0 Å². The van der Waals surface area contributed by atoms with Gasteiger partial charge in [0.15, 0.2) is 34.2 Å². The van der Waals surface area contributed by atoms with Gasteiger partial charge in [0.2, 0.25) is 35.1 Å². The third-order valence-corrected chi connectivity index (χ3v) is 32.1. The maximum Gasteiger partial charge on any atom is 0.353 e. The van der Waals surface area contributed by atoms with E-state index in [1.165, 1.54) is 190 Å². The minimum Gasteiger partial charge on any atom is -0.508 e. The zero-order chi connectivity index (χ0) is 107. The number of phenols is 4. The van der Waals surface area contributed by atoms with Crippen molar-refractivity contribution in [3.63, 3.8) is 0 Å². The van der Waals surface area contributed by atoms with Gasteiger partial charge in [0.25, 0.3) is 17.7 Å². The highest BCUT2D eigenvalue weighted by atomic mass is 35.5. The molecule has 3 saturated heterocycles. The molecule has 4 aromatic rings. The minimum absolute atomic E-state index is 0. The molecule has 790 valence electrons. The number of carboxylic acid groups (broad SMARTS) is 2. The molecule has 4 aromatic carbocycles. The van der Waals surface area contributed by atoms with Crippen LogP contribution >= 0.6 is 35.1 Å². The number of aliphatic carboxylic acids is 2. The zero-order valence-corrected chi connectivity index (χ0v) is 82.2. The molecule has 0 bridgehead atoms. The summed E-state index contributed by atoms with van der Waals surface area (Å²) >= 11 is 9.01. The largest absolute Gasteiger partial charge is 0.508 e. The van der Waals surface area contributed by atoms with Crippen LogP contribution in [0.15, 0.2) is 139 Å². The minimum atomic E-state index is -3.02. The lowest BCUT2D eigenvalue weighted by molar-refractivity contribution is -0.181. The van der Waals surface area contributed by atoms with E-state index in [2.05, 4.69) is 10.3 Å². The van der Waals surface area contributed by atoms with Crippen LogP contribution in [-0.2, 0) is 83.9 Å². The van der Waals surface area contributed by atoms with E-state index < -0.39 is 295 Å². The van der Waals surface area contributed by atoms with Crippen molar-refractivity contribution in [3.8, 4) is 23.0 Å². The van der Waals surface area contributed by atoms with E-state index in [0.717, 1.165) is 0 Å².